The van der Waals surface area contributed by atoms with Gasteiger partial charge in [0, 0.05) is 147 Å². The van der Waals surface area contributed by atoms with E-state index in [0.717, 1.165) is 64.8 Å². The van der Waals surface area contributed by atoms with Gasteiger partial charge in [0.05, 0.1) is 27.0 Å². The molecule has 0 aliphatic heterocycles. The second-order valence-electron chi connectivity index (χ2n) is 28.1. The maximum Gasteiger partial charge on any atom is 0.297 e. The Kier molecular flexibility index (Phi) is 42.8. The quantitative estimate of drug-likeness (QED) is 0.00526. The van der Waals surface area contributed by atoms with Crippen molar-refractivity contribution >= 4 is 85.9 Å². The number of aliphatic hydroxyl groups is 1. The first-order valence-electron chi connectivity index (χ1n) is 34.3. The van der Waals surface area contributed by atoms with Crippen molar-refractivity contribution in [2.24, 2.45) is 10.9 Å². The number of nitro benzene ring substituents is 1. The van der Waals surface area contributed by atoms with Crippen LogP contribution >= 0.6 is 24.0 Å². The van der Waals surface area contributed by atoms with Crippen LogP contribution in [0, 0.1) is 27.5 Å². The number of aliphatic hydroxyl groups excluding tert-OH is 1. The number of oxime groups is 1. The highest BCUT2D eigenvalue weighted by molar-refractivity contribution is 7.86. The molecule has 0 radical (unpaired) electrons. The number of allylic oxidation sites excluding steroid dienone is 1. The molecule has 0 bridgehead atoms. The Labute approximate surface area is 663 Å². The fraction of sp³-hybridized carbons (Fsp3) is 0.405. The number of hydrogen-bond donors (Lipinski definition) is 4. The summed E-state index contributed by atoms with van der Waals surface area (Å²) < 4.78 is 53.7. The van der Waals surface area contributed by atoms with Crippen LogP contribution in [0.4, 0.5) is 5.69 Å². The molecule has 0 aliphatic carbocycles. The number of aldehydes is 1. The number of aromatic nitrogens is 13. The van der Waals surface area contributed by atoms with E-state index < -0.39 is 43.6 Å². The lowest BCUT2D eigenvalue weighted by atomic mass is 10.2. The summed E-state index contributed by atoms with van der Waals surface area (Å²) >= 11 is 5.54. The van der Waals surface area contributed by atoms with Crippen LogP contribution in [0.5, 0.6) is 0 Å². The van der Waals surface area contributed by atoms with E-state index in [9.17, 15) is 28.4 Å². The molecule has 32 nitrogen and oxygen atoms in total. The van der Waals surface area contributed by atoms with Gasteiger partial charge in [-0.3, -0.25) is 24.5 Å². The van der Waals surface area contributed by atoms with Gasteiger partial charge >= 0.3 is 0 Å². The lowest BCUT2D eigenvalue weighted by molar-refractivity contribution is -0.462. The van der Waals surface area contributed by atoms with Gasteiger partial charge in [0.15, 0.2) is 43.9 Å². The summed E-state index contributed by atoms with van der Waals surface area (Å²) in [7, 11) is 5.14. The molecule has 0 fully saturated rings. The van der Waals surface area contributed by atoms with Crippen LogP contribution in [0.2, 0.25) is 37.8 Å². The molecule has 9 rings (SSSR count). The summed E-state index contributed by atoms with van der Waals surface area (Å²) in [4.78, 5) is 62.8. The molecule has 111 heavy (non-hydrogen) atoms. The van der Waals surface area contributed by atoms with Crippen molar-refractivity contribution in [3.8, 4) is 45.7 Å². The van der Waals surface area contributed by atoms with E-state index in [4.69, 9.17) is 56.6 Å². The number of non-ortho nitro benzene ring substituents is 1. The highest BCUT2D eigenvalue weighted by Gasteiger charge is 2.39. The van der Waals surface area contributed by atoms with E-state index in [0.29, 0.717) is 45.7 Å². The maximum atomic E-state index is 12.3. The van der Waals surface area contributed by atoms with Crippen LogP contribution in [0.25, 0.3) is 33.8 Å². The lowest BCUT2D eigenvalue weighted by Gasteiger charge is -2.38. The number of halogens is 2. The van der Waals surface area contributed by atoms with Crippen LogP contribution in [0.1, 0.15) is 158 Å². The molecule has 0 spiro atoms. The Morgan fingerprint density at radius 3 is 1.29 bits per heavy atom. The number of benzene rings is 1. The molecule has 0 saturated heterocycles. The van der Waals surface area contributed by atoms with Gasteiger partial charge in [0.2, 0.25) is 0 Å². The SMILES string of the molecule is C#C[Si](C)(C)C.CC(C)c1ncc(-c2ccon2)cn1.CC(C)c1ncc(C(Cl)=NO)cn1.CC(C)c1ncc(C=O)cn1.CN(C)C=C(C=[N+](C)C)C=[N+](C)C.C[C@@H](O)c1ncc(-c2ccon2)cn1.C[C@@H](OS(=O)(=O)c1ccc([N+](=O)[O-])cc1)c1ncc(-c2ccon2)cn1.C[C@@H](O[Si](C)(C)C(C)(C)C)C(=N)N.Cl. The minimum Gasteiger partial charge on any atom is -0.410 e. The third kappa shape index (κ3) is 37.7. The number of carbonyl (C=O) groups excluding carboxylic acids is 1. The van der Waals surface area contributed by atoms with Gasteiger partial charge in [-0.1, -0.05) is 114 Å². The van der Waals surface area contributed by atoms with E-state index >= 15 is 0 Å². The third-order valence-corrected chi connectivity index (χ3v) is 21.4. The lowest BCUT2D eigenvalue weighted by Crippen LogP contribution is -2.46. The average Bonchev–Trinajstić information content (AvgIpc) is 1.19. The van der Waals surface area contributed by atoms with Gasteiger partial charge in [-0.05, 0) is 51.0 Å². The Morgan fingerprint density at radius 2 is 1.01 bits per heavy atom. The topological polar surface area (TPSA) is 432 Å². The Bertz CT molecular complexity index is 4370. The zero-order valence-corrected chi connectivity index (χ0v) is 71.6. The molecule has 8 heterocycles. The molecule has 8 aromatic heterocycles. The monoisotopic (exact) mass is 1620 g/mol. The second-order valence-corrected chi connectivity index (χ2v) is 39.6. The van der Waals surface area contributed by atoms with Crippen LogP contribution < -0.4 is 5.73 Å². The molecule has 5 N–H and O–H groups in total. The first kappa shape index (κ1) is 98.6. The first-order chi connectivity index (χ1) is 51.3. The molecular formula is C74H106Cl2N20O12SSi2+2. The highest BCUT2D eigenvalue weighted by atomic mass is 35.5. The Hall–Kier alpha value is -10.5. The number of terminal acetylenes is 1. The zero-order chi connectivity index (χ0) is 83.3. The highest BCUT2D eigenvalue weighted by Crippen LogP contribution is 2.37. The molecule has 0 aliphatic rings. The summed E-state index contributed by atoms with van der Waals surface area (Å²) in [6.07, 6.45) is 30.5. The largest absolute Gasteiger partial charge is 0.410 e. The summed E-state index contributed by atoms with van der Waals surface area (Å²) in [5.41, 5.74) is 14.3. The molecule has 3 atom stereocenters. The number of nitrogens with two attached hydrogens (primary N) is 1. The fourth-order valence-electron chi connectivity index (χ4n) is 7.43. The molecule has 37 heteroatoms. The third-order valence-electron chi connectivity index (χ3n) is 14.3. The minimum atomic E-state index is -4.13. The van der Waals surface area contributed by atoms with Crippen LogP contribution in [0.15, 0.2) is 159 Å². The van der Waals surface area contributed by atoms with Crippen molar-refractivity contribution in [3.63, 3.8) is 0 Å². The van der Waals surface area contributed by atoms with E-state index in [1.165, 1.54) is 68.5 Å². The predicted molar refractivity (Wildman–Crippen MR) is 436 cm³/mol. The van der Waals surface area contributed by atoms with E-state index in [-0.39, 0.29) is 56.9 Å². The van der Waals surface area contributed by atoms with Gasteiger partial charge in [0.1, 0.15) is 113 Å². The van der Waals surface area contributed by atoms with Crippen molar-refractivity contribution in [3.05, 3.63) is 185 Å². The zero-order valence-electron chi connectivity index (χ0n) is 67.2. The van der Waals surface area contributed by atoms with Gasteiger partial charge in [-0.25, -0.2) is 59.0 Å². The number of rotatable bonds is 20. The standard InChI is InChI=1S/C15H12N4O6S.C10H11N3O.C10H21N3.C9H9N3O2.C9H22N2OSi.C8H10ClN3O.C8H10N2O.C5H10Si.ClH/c1-10(15-16-8-11(9-17-15)14-6-7-24-18-14)25-26(22,23)13-4-2-12(3-5-13)19(20)21;1-7(2)10-11-5-8(6-12-10)9-3-4-14-13-9;1-11(2)7-10(8-12(3)4)9-13(5)6;1-6(13)9-10-4-7(5-11-9)8-2-3-14-12-8;1-7(8(10)11)12-13(5,6)9(2,3)4;1-5(2)8-10-3-6(4-11-8)7(9)12-13;1-6(2)8-9-3-7(5-11)4-10-8;1-5-6(2,3)4;/h2-10H,1H3;3-7H,1-2H3;7-9H,1-6H3;2-6,13H,1H3;7H,1-6H3,(H3,10,11);3-5,13H,1-2H3;3-6H,1-2H3;1H,2-4H3;1H/q;;+2;;;;;;/t10-;;;6-;7-;;;;/m1..11..../s1. The minimum absolute atomic E-state index is 0. The molecule has 9 aromatic rings. The van der Waals surface area contributed by atoms with Crippen molar-refractivity contribution in [2.45, 2.75) is 162 Å². The van der Waals surface area contributed by atoms with Gasteiger partial charge in [-0.15, -0.1) is 24.4 Å². The summed E-state index contributed by atoms with van der Waals surface area (Å²) in [6.45, 7) is 34.3. The van der Waals surface area contributed by atoms with Crippen LogP contribution in [-0.2, 0) is 18.7 Å². The summed E-state index contributed by atoms with van der Waals surface area (Å²) in [6, 6.07) is 9.53. The van der Waals surface area contributed by atoms with Crippen molar-refractivity contribution in [1.82, 2.24) is 70.2 Å². The Balaban J connectivity index is 0.000000651. The van der Waals surface area contributed by atoms with Gasteiger partial charge in [0.25, 0.3) is 15.8 Å². The van der Waals surface area contributed by atoms with Crippen molar-refractivity contribution < 1.29 is 59.8 Å². The number of amidine groups is 1. The number of hydrogen-bond acceptors (Lipinski definition) is 28. The van der Waals surface area contributed by atoms with E-state index in [2.05, 4.69) is 162 Å². The molecule has 600 valence electrons. The summed E-state index contributed by atoms with van der Waals surface area (Å²) in [5.74, 6) is 3.97. The van der Waals surface area contributed by atoms with Crippen molar-refractivity contribution in [2.75, 3.05) is 42.3 Å². The molecule has 0 amide bonds. The average molecular weight is 1630 g/mol. The maximum absolute atomic E-state index is 12.3. The van der Waals surface area contributed by atoms with E-state index in [1.54, 1.807) is 49.9 Å². The number of nitrogens with zero attached hydrogens (tertiary/aromatic N) is 18. The predicted octanol–water partition coefficient (Wildman–Crippen LogP) is 13.7. The van der Waals surface area contributed by atoms with Gasteiger partial charge in [-0.2, -0.15) is 8.42 Å². The number of carbonyl (C=O) groups is 1. The fourth-order valence-corrected chi connectivity index (χ4v) is 9.93. The molecule has 0 unspecified atom stereocenters. The van der Waals surface area contributed by atoms with E-state index in [1.807, 2.05) is 91.0 Å². The normalized spacial score (nSPS) is 11.8. The molecule has 1 aromatic carbocycles. The summed E-state index contributed by atoms with van der Waals surface area (Å²) in [5, 5.41) is 49.8. The van der Waals surface area contributed by atoms with Crippen LogP contribution in [-0.4, -0.2) is 198 Å². The van der Waals surface area contributed by atoms with Gasteiger partial charge < -0.3 is 38.9 Å². The molecule has 0 saturated carbocycles. The number of nitrogens with one attached hydrogen (secondary N) is 1. The first-order valence-corrected chi connectivity index (χ1v) is 42.5. The van der Waals surface area contributed by atoms with Crippen LogP contribution in [0.3, 0.4) is 0 Å². The second kappa shape index (κ2) is 48.2. The number of nitro groups is 1. The van der Waals surface area contributed by atoms with Crippen molar-refractivity contribution in [1.29, 1.82) is 5.41 Å². The smallest absolute Gasteiger partial charge is 0.297 e. The Morgan fingerprint density at radius 1 is 0.658 bits per heavy atom. The molecular weight excluding hydrogens is 1520 g/mol.